The average molecular weight is 274 g/mol. The zero-order valence-corrected chi connectivity index (χ0v) is 12.4. The highest BCUT2D eigenvalue weighted by Crippen LogP contribution is 2.37. The minimum Gasteiger partial charge on any atom is -0.444 e. The van der Waals surface area contributed by atoms with Crippen LogP contribution >= 0.6 is 0 Å². The maximum absolute atomic E-state index is 12.3. The van der Waals surface area contributed by atoms with E-state index in [1.54, 1.807) is 0 Å². The number of benzene rings is 1. The predicted molar refractivity (Wildman–Crippen MR) is 79.2 cm³/mol. The zero-order valence-electron chi connectivity index (χ0n) is 12.4. The number of ether oxygens (including phenoxy) is 1. The van der Waals surface area contributed by atoms with Crippen LogP contribution in [0, 0.1) is 0 Å². The number of carbonyl (C=O) groups is 1. The average Bonchev–Trinajstić information content (AvgIpc) is 2.65. The number of hydrogen-bond donors (Lipinski definition) is 1. The molecule has 108 valence electrons. The predicted octanol–water partition coefficient (Wildman–Crippen LogP) is 2.99. The summed E-state index contributed by atoms with van der Waals surface area (Å²) in [7, 11) is 0. The van der Waals surface area contributed by atoms with Crippen LogP contribution in [-0.4, -0.2) is 36.2 Å². The highest BCUT2D eigenvalue weighted by atomic mass is 16.6. The minimum atomic E-state index is -0.435. The quantitative estimate of drug-likeness (QED) is 0.790. The van der Waals surface area contributed by atoms with Gasteiger partial charge >= 0.3 is 6.09 Å². The van der Waals surface area contributed by atoms with Crippen LogP contribution in [0.25, 0.3) is 0 Å². The molecule has 0 aliphatic carbocycles. The third-order valence-corrected chi connectivity index (χ3v) is 3.89. The van der Waals surface area contributed by atoms with Gasteiger partial charge in [0.25, 0.3) is 0 Å². The van der Waals surface area contributed by atoms with E-state index in [9.17, 15) is 4.79 Å². The van der Waals surface area contributed by atoms with Crippen LogP contribution in [0.3, 0.4) is 0 Å². The lowest BCUT2D eigenvalue weighted by atomic mass is 9.96. The van der Waals surface area contributed by atoms with Crippen molar-refractivity contribution in [3.8, 4) is 0 Å². The molecular weight excluding hydrogens is 252 g/mol. The Labute approximate surface area is 120 Å². The lowest BCUT2D eigenvalue weighted by molar-refractivity contribution is 0.0248. The van der Waals surface area contributed by atoms with Crippen LogP contribution in [0.1, 0.15) is 37.8 Å². The van der Waals surface area contributed by atoms with Crippen molar-refractivity contribution in [3.63, 3.8) is 0 Å². The fourth-order valence-electron chi connectivity index (χ4n) is 3.06. The van der Waals surface area contributed by atoms with Gasteiger partial charge in [0, 0.05) is 31.2 Å². The van der Waals surface area contributed by atoms with Gasteiger partial charge in [0.2, 0.25) is 0 Å². The number of carbonyl (C=O) groups excluding carboxylic acids is 1. The first-order valence-electron chi connectivity index (χ1n) is 7.27. The molecule has 2 aliphatic heterocycles. The molecule has 0 aromatic heterocycles. The fraction of sp³-hybridized carbons (Fsp3) is 0.562. The molecule has 1 aromatic carbocycles. The molecule has 4 nitrogen and oxygen atoms in total. The highest BCUT2D eigenvalue weighted by molar-refractivity contribution is 5.69. The van der Waals surface area contributed by atoms with E-state index in [1.165, 1.54) is 16.8 Å². The van der Waals surface area contributed by atoms with Crippen LogP contribution in [0.2, 0.25) is 0 Å². The van der Waals surface area contributed by atoms with Crippen LogP contribution in [-0.2, 0) is 11.2 Å². The van der Waals surface area contributed by atoms with Gasteiger partial charge in [0.15, 0.2) is 0 Å². The number of anilines is 1. The van der Waals surface area contributed by atoms with E-state index in [-0.39, 0.29) is 6.09 Å². The zero-order chi connectivity index (χ0) is 14.3. The van der Waals surface area contributed by atoms with E-state index in [1.807, 2.05) is 25.7 Å². The van der Waals surface area contributed by atoms with E-state index >= 15 is 0 Å². The smallest absolute Gasteiger partial charge is 0.410 e. The Morgan fingerprint density at radius 3 is 2.95 bits per heavy atom. The van der Waals surface area contributed by atoms with Crippen molar-refractivity contribution in [3.05, 3.63) is 29.3 Å². The molecule has 0 unspecified atom stereocenters. The van der Waals surface area contributed by atoms with Crippen molar-refractivity contribution in [1.82, 2.24) is 4.90 Å². The Morgan fingerprint density at radius 1 is 1.40 bits per heavy atom. The first-order chi connectivity index (χ1) is 9.44. The standard InChI is InChI=1S/C16H22N2O2/c1-16(2,3)20-15(19)18-8-7-11-5-4-6-13-14(11)12(10-18)9-17-13/h4-6,12,17H,7-10H2,1-3H3/t12-/m0/s1. The number of nitrogens with zero attached hydrogens (tertiary/aromatic N) is 1. The molecule has 1 atom stereocenters. The Bertz CT molecular complexity index is 534. The Hall–Kier alpha value is -1.71. The normalized spacial score (nSPS) is 20.9. The van der Waals surface area contributed by atoms with Crippen LogP contribution < -0.4 is 5.32 Å². The van der Waals surface area contributed by atoms with Gasteiger partial charge in [-0.05, 0) is 44.4 Å². The molecule has 3 rings (SSSR count). The molecule has 2 heterocycles. The number of hydrogen-bond acceptors (Lipinski definition) is 3. The third kappa shape index (κ3) is 2.47. The van der Waals surface area contributed by atoms with E-state index in [4.69, 9.17) is 4.74 Å². The summed E-state index contributed by atoms with van der Waals surface area (Å²) in [5.74, 6) is 0.385. The van der Waals surface area contributed by atoms with Gasteiger partial charge in [-0.3, -0.25) is 0 Å². The van der Waals surface area contributed by atoms with Crippen molar-refractivity contribution < 1.29 is 9.53 Å². The SMILES string of the molecule is CC(C)(C)OC(=O)N1CCc2cccc3c2[C@@H](CN3)C1. The lowest BCUT2D eigenvalue weighted by Gasteiger charge is -2.27. The molecule has 0 fully saturated rings. The molecular formula is C16H22N2O2. The molecule has 20 heavy (non-hydrogen) atoms. The van der Waals surface area contributed by atoms with Gasteiger partial charge in [-0.25, -0.2) is 4.79 Å². The fourth-order valence-corrected chi connectivity index (χ4v) is 3.06. The second kappa shape index (κ2) is 4.69. The van der Waals surface area contributed by atoms with Gasteiger partial charge in [-0.15, -0.1) is 0 Å². The first-order valence-corrected chi connectivity index (χ1v) is 7.27. The summed E-state index contributed by atoms with van der Waals surface area (Å²) in [5, 5.41) is 3.44. The largest absolute Gasteiger partial charge is 0.444 e. The molecule has 2 aliphatic rings. The van der Waals surface area contributed by atoms with Crippen molar-refractivity contribution >= 4 is 11.8 Å². The van der Waals surface area contributed by atoms with Crippen molar-refractivity contribution in [2.75, 3.05) is 25.0 Å². The molecule has 1 amide bonds. The lowest BCUT2D eigenvalue weighted by Crippen LogP contribution is -2.39. The second-order valence-electron chi connectivity index (χ2n) is 6.63. The summed E-state index contributed by atoms with van der Waals surface area (Å²) in [4.78, 5) is 14.1. The molecule has 4 heteroatoms. The molecule has 0 saturated carbocycles. The van der Waals surface area contributed by atoms with E-state index in [0.717, 1.165) is 26.1 Å². The monoisotopic (exact) mass is 274 g/mol. The Balaban J connectivity index is 1.80. The molecule has 0 saturated heterocycles. The van der Waals surface area contributed by atoms with E-state index in [2.05, 4.69) is 23.5 Å². The number of rotatable bonds is 0. The van der Waals surface area contributed by atoms with Crippen LogP contribution in [0.15, 0.2) is 18.2 Å². The highest BCUT2D eigenvalue weighted by Gasteiger charge is 2.32. The Kier molecular flexibility index (Phi) is 3.11. The molecule has 0 bridgehead atoms. The summed E-state index contributed by atoms with van der Waals surface area (Å²) in [5.41, 5.74) is 3.57. The van der Waals surface area contributed by atoms with E-state index in [0.29, 0.717) is 5.92 Å². The van der Waals surface area contributed by atoms with Gasteiger partial charge in [0.1, 0.15) is 5.60 Å². The number of amides is 1. The molecule has 1 N–H and O–H groups in total. The summed E-state index contributed by atoms with van der Waals surface area (Å²) >= 11 is 0. The van der Waals surface area contributed by atoms with Crippen molar-refractivity contribution in [1.29, 1.82) is 0 Å². The first kappa shape index (κ1) is 13.3. The summed E-state index contributed by atoms with van der Waals surface area (Å²) in [6.07, 6.45) is 0.708. The van der Waals surface area contributed by atoms with E-state index < -0.39 is 5.60 Å². The number of nitrogens with one attached hydrogen (secondary N) is 1. The van der Waals surface area contributed by atoms with Crippen molar-refractivity contribution in [2.24, 2.45) is 0 Å². The minimum absolute atomic E-state index is 0.196. The summed E-state index contributed by atoms with van der Waals surface area (Å²) < 4.78 is 5.51. The molecule has 0 spiro atoms. The maximum Gasteiger partial charge on any atom is 0.410 e. The second-order valence-corrected chi connectivity index (χ2v) is 6.63. The van der Waals surface area contributed by atoms with Crippen molar-refractivity contribution in [2.45, 2.75) is 38.7 Å². The summed E-state index contributed by atoms with van der Waals surface area (Å²) in [6.45, 7) is 8.12. The van der Waals surface area contributed by atoms with Gasteiger partial charge in [0.05, 0.1) is 0 Å². The topological polar surface area (TPSA) is 41.6 Å². The molecule has 0 radical (unpaired) electrons. The van der Waals surface area contributed by atoms with Crippen LogP contribution in [0.5, 0.6) is 0 Å². The maximum atomic E-state index is 12.3. The van der Waals surface area contributed by atoms with Crippen LogP contribution in [0.4, 0.5) is 10.5 Å². The van der Waals surface area contributed by atoms with Gasteiger partial charge in [-0.2, -0.15) is 0 Å². The third-order valence-electron chi connectivity index (χ3n) is 3.89. The summed E-state index contributed by atoms with van der Waals surface area (Å²) in [6, 6.07) is 6.39. The van der Waals surface area contributed by atoms with Gasteiger partial charge in [-0.1, -0.05) is 12.1 Å². The van der Waals surface area contributed by atoms with Gasteiger partial charge < -0.3 is 15.0 Å². The molecule has 1 aromatic rings. The Morgan fingerprint density at radius 2 is 2.20 bits per heavy atom.